The summed E-state index contributed by atoms with van der Waals surface area (Å²) in [5.41, 5.74) is 0. The predicted octanol–water partition coefficient (Wildman–Crippen LogP) is 3.81. The van der Waals surface area contributed by atoms with Crippen molar-refractivity contribution in [1.29, 1.82) is 0 Å². The van der Waals surface area contributed by atoms with Gasteiger partial charge in [-0.15, -0.1) is 0 Å². The van der Waals surface area contributed by atoms with E-state index in [4.69, 9.17) is 11.6 Å². The molecule has 1 N–H and O–H groups in total. The molecule has 0 aliphatic rings. The van der Waals surface area contributed by atoms with E-state index in [-0.39, 0.29) is 5.28 Å². The number of nitrogens with zero attached hydrogens (tertiary/aromatic N) is 3. The summed E-state index contributed by atoms with van der Waals surface area (Å²) in [4.78, 5) is 10.5. The highest BCUT2D eigenvalue weighted by molar-refractivity contribution is 9.10. The summed E-state index contributed by atoms with van der Waals surface area (Å²) in [6, 6.07) is 0.359. The molecule has 4 nitrogen and oxygen atoms in total. The van der Waals surface area contributed by atoms with Crippen molar-refractivity contribution in [2.24, 2.45) is 0 Å². The van der Waals surface area contributed by atoms with Gasteiger partial charge in [0.1, 0.15) is 5.82 Å². The number of rotatable bonds is 8. The van der Waals surface area contributed by atoms with Gasteiger partial charge in [-0.2, -0.15) is 4.98 Å². The number of anilines is 1. The maximum atomic E-state index is 5.79. The van der Waals surface area contributed by atoms with Crippen LogP contribution in [-0.4, -0.2) is 40.5 Å². The van der Waals surface area contributed by atoms with Gasteiger partial charge >= 0.3 is 0 Å². The third-order valence-corrected chi connectivity index (χ3v) is 3.87. The molecule has 0 fully saturated rings. The molecule has 1 unspecified atom stereocenters. The van der Waals surface area contributed by atoms with Crippen molar-refractivity contribution in [3.05, 3.63) is 16.0 Å². The summed E-state index contributed by atoms with van der Waals surface area (Å²) in [6.45, 7) is 9.93. The van der Waals surface area contributed by atoms with Crippen LogP contribution in [0.25, 0.3) is 0 Å². The van der Waals surface area contributed by atoms with Crippen LogP contribution in [-0.2, 0) is 0 Å². The summed E-state index contributed by atoms with van der Waals surface area (Å²) in [7, 11) is 0. The van der Waals surface area contributed by atoms with Gasteiger partial charge < -0.3 is 10.2 Å². The SMILES string of the molecule is CCN(CC)CCCC(C)Nc1nc(Cl)ncc1Br. The molecule has 6 heteroatoms. The van der Waals surface area contributed by atoms with Crippen LogP contribution in [0.4, 0.5) is 5.82 Å². The minimum Gasteiger partial charge on any atom is -0.367 e. The van der Waals surface area contributed by atoms with Gasteiger partial charge in [-0.3, -0.25) is 0 Å². The van der Waals surface area contributed by atoms with Crippen LogP contribution in [0, 0.1) is 0 Å². The molecule has 0 bridgehead atoms. The molecule has 0 saturated carbocycles. The Morgan fingerprint density at radius 1 is 1.42 bits per heavy atom. The molecular weight excluding hydrogens is 328 g/mol. The van der Waals surface area contributed by atoms with Crippen LogP contribution in [0.3, 0.4) is 0 Å². The molecule has 0 radical (unpaired) electrons. The first-order valence-corrected chi connectivity index (χ1v) is 7.90. The van der Waals surface area contributed by atoms with Crippen LogP contribution < -0.4 is 5.32 Å². The molecule has 0 aliphatic heterocycles. The second-order valence-electron chi connectivity index (χ2n) is 4.55. The largest absolute Gasteiger partial charge is 0.367 e. The van der Waals surface area contributed by atoms with Gasteiger partial charge in [-0.05, 0) is 66.9 Å². The lowest BCUT2D eigenvalue weighted by Gasteiger charge is -2.20. The van der Waals surface area contributed by atoms with Crippen molar-refractivity contribution in [2.75, 3.05) is 25.0 Å². The van der Waals surface area contributed by atoms with Gasteiger partial charge in [-0.1, -0.05) is 13.8 Å². The Bertz CT molecular complexity index is 385. The Morgan fingerprint density at radius 2 is 2.11 bits per heavy atom. The molecule has 0 spiro atoms. The lowest BCUT2D eigenvalue weighted by molar-refractivity contribution is 0.295. The molecule has 108 valence electrons. The Kier molecular flexibility index (Phi) is 7.64. The highest BCUT2D eigenvalue weighted by atomic mass is 79.9. The van der Waals surface area contributed by atoms with E-state index in [1.165, 1.54) is 6.42 Å². The number of hydrogen-bond donors (Lipinski definition) is 1. The normalized spacial score (nSPS) is 12.7. The van der Waals surface area contributed by atoms with Crippen molar-refractivity contribution >= 4 is 33.3 Å². The first-order valence-electron chi connectivity index (χ1n) is 6.73. The molecule has 0 amide bonds. The van der Waals surface area contributed by atoms with Crippen LogP contribution in [0.1, 0.15) is 33.6 Å². The third-order valence-electron chi connectivity index (χ3n) is 3.10. The first-order chi connectivity index (χ1) is 9.06. The van der Waals surface area contributed by atoms with E-state index in [9.17, 15) is 0 Å². The number of aromatic nitrogens is 2. The summed E-state index contributed by atoms with van der Waals surface area (Å²) in [5, 5.41) is 3.62. The van der Waals surface area contributed by atoms with Crippen LogP contribution in [0.2, 0.25) is 5.28 Å². The maximum Gasteiger partial charge on any atom is 0.224 e. The standard InChI is InChI=1S/C13H22BrClN4/c1-4-19(5-2)8-6-7-10(3)17-12-11(14)9-16-13(15)18-12/h9-10H,4-8H2,1-3H3,(H,16,17,18). The number of nitrogens with one attached hydrogen (secondary N) is 1. The van der Waals surface area contributed by atoms with Crippen molar-refractivity contribution < 1.29 is 0 Å². The Hall–Kier alpha value is -0.390. The van der Waals surface area contributed by atoms with Gasteiger partial charge in [-0.25, -0.2) is 4.98 Å². The van der Waals surface area contributed by atoms with Crippen molar-refractivity contribution in [2.45, 2.75) is 39.7 Å². The van der Waals surface area contributed by atoms with Gasteiger partial charge in [0.25, 0.3) is 0 Å². The third kappa shape index (κ3) is 6.06. The van der Waals surface area contributed by atoms with E-state index in [1.807, 2.05) is 0 Å². The zero-order valence-corrected chi connectivity index (χ0v) is 14.1. The Morgan fingerprint density at radius 3 is 2.74 bits per heavy atom. The van der Waals surface area contributed by atoms with Crippen LogP contribution in [0.5, 0.6) is 0 Å². The fourth-order valence-corrected chi connectivity index (χ4v) is 2.35. The average Bonchev–Trinajstić information content (AvgIpc) is 2.39. The zero-order chi connectivity index (χ0) is 14.3. The molecule has 1 heterocycles. The smallest absolute Gasteiger partial charge is 0.224 e. The average molecular weight is 350 g/mol. The fourth-order valence-electron chi connectivity index (χ4n) is 1.91. The van der Waals surface area contributed by atoms with Crippen molar-refractivity contribution in [3.8, 4) is 0 Å². The quantitative estimate of drug-likeness (QED) is 0.724. The van der Waals surface area contributed by atoms with E-state index in [0.29, 0.717) is 6.04 Å². The van der Waals surface area contributed by atoms with Crippen molar-refractivity contribution in [1.82, 2.24) is 14.9 Å². The molecule has 19 heavy (non-hydrogen) atoms. The molecule has 1 rings (SSSR count). The lowest BCUT2D eigenvalue weighted by atomic mass is 10.1. The maximum absolute atomic E-state index is 5.79. The molecule has 0 aromatic carbocycles. The molecule has 0 saturated heterocycles. The molecule has 0 aliphatic carbocycles. The van der Waals surface area contributed by atoms with Gasteiger partial charge in [0.2, 0.25) is 5.28 Å². The zero-order valence-electron chi connectivity index (χ0n) is 11.8. The van der Waals surface area contributed by atoms with Gasteiger partial charge in [0, 0.05) is 12.2 Å². The van der Waals surface area contributed by atoms with Crippen molar-refractivity contribution in [3.63, 3.8) is 0 Å². The number of halogens is 2. The lowest BCUT2D eigenvalue weighted by Crippen LogP contribution is -2.25. The summed E-state index contributed by atoms with van der Waals surface area (Å²) >= 11 is 9.21. The predicted molar refractivity (Wildman–Crippen MR) is 84.8 cm³/mol. The Labute approximate surface area is 129 Å². The minimum atomic E-state index is 0.265. The van der Waals surface area contributed by atoms with E-state index < -0.39 is 0 Å². The van der Waals surface area contributed by atoms with Crippen LogP contribution in [0.15, 0.2) is 10.7 Å². The highest BCUT2D eigenvalue weighted by Crippen LogP contribution is 2.21. The molecule has 1 aromatic heterocycles. The highest BCUT2D eigenvalue weighted by Gasteiger charge is 2.08. The second-order valence-corrected chi connectivity index (χ2v) is 5.74. The molecular formula is C13H22BrClN4. The van der Waals surface area contributed by atoms with Gasteiger partial charge in [0.15, 0.2) is 0 Å². The monoisotopic (exact) mass is 348 g/mol. The summed E-state index contributed by atoms with van der Waals surface area (Å²) in [5.74, 6) is 0.760. The second kappa shape index (κ2) is 8.72. The topological polar surface area (TPSA) is 41.0 Å². The van der Waals surface area contributed by atoms with E-state index in [1.54, 1.807) is 6.20 Å². The van der Waals surface area contributed by atoms with E-state index in [2.05, 4.69) is 56.9 Å². The van der Waals surface area contributed by atoms with Crippen LogP contribution >= 0.6 is 27.5 Å². The molecule has 1 aromatic rings. The molecule has 1 atom stereocenters. The van der Waals surface area contributed by atoms with E-state index in [0.717, 1.165) is 36.3 Å². The number of hydrogen-bond acceptors (Lipinski definition) is 4. The first kappa shape index (κ1) is 16.7. The fraction of sp³-hybridized carbons (Fsp3) is 0.692. The minimum absolute atomic E-state index is 0.265. The Balaban J connectivity index is 2.38. The summed E-state index contributed by atoms with van der Waals surface area (Å²) in [6.07, 6.45) is 3.94. The summed E-state index contributed by atoms with van der Waals surface area (Å²) < 4.78 is 0.840. The van der Waals surface area contributed by atoms with E-state index >= 15 is 0 Å². The van der Waals surface area contributed by atoms with Gasteiger partial charge in [0.05, 0.1) is 4.47 Å².